The van der Waals surface area contributed by atoms with Gasteiger partial charge in [0.15, 0.2) is 0 Å². The molecule has 2 aliphatic heterocycles. The molecule has 3 aliphatic rings. The molecule has 2 fully saturated rings. The van der Waals surface area contributed by atoms with Crippen LogP contribution in [0.5, 0.6) is 0 Å². The van der Waals surface area contributed by atoms with Crippen molar-refractivity contribution < 1.29 is 22.0 Å². The number of anilines is 1. The lowest BCUT2D eigenvalue weighted by atomic mass is 9.96. The lowest BCUT2D eigenvalue weighted by Gasteiger charge is -2.36. The van der Waals surface area contributed by atoms with Gasteiger partial charge in [-0.1, -0.05) is 24.3 Å². The van der Waals surface area contributed by atoms with Gasteiger partial charge in [-0.3, -0.25) is 4.99 Å². The molecule has 2 aromatic rings. The third kappa shape index (κ3) is 6.92. The van der Waals surface area contributed by atoms with E-state index in [1.165, 1.54) is 0 Å². The number of nitrogens with zero attached hydrogens (tertiary/aromatic N) is 5. The molecule has 0 bridgehead atoms. The first kappa shape index (κ1) is 28.7. The number of aromatic nitrogens is 1. The van der Waals surface area contributed by atoms with Crippen LogP contribution in [0.3, 0.4) is 0 Å². The molecule has 0 radical (unpaired) electrons. The molecule has 7 nitrogen and oxygen atoms in total. The van der Waals surface area contributed by atoms with Crippen LogP contribution in [0.2, 0.25) is 0 Å². The van der Waals surface area contributed by atoms with Gasteiger partial charge in [0, 0.05) is 62.7 Å². The van der Waals surface area contributed by atoms with E-state index in [1.807, 2.05) is 35.4 Å². The Hall–Kier alpha value is -3.80. The van der Waals surface area contributed by atoms with Gasteiger partial charge in [0.1, 0.15) is 17.4 Å². The zero-order chi connectivity index (χ0) is 29.2. The summed E-state index contributed by atoms with van der Waals surface area (Å²) in [5, 5.41) is 2.92. The molecule has 1 saturated carbocycles. The Morgan fingerprint density at radius 1 is 1.17 bits per heavy atom. The molecule has 1 saturated heterocycles. The van der Waals surface area contributed by atoms with Gasteiger partial charge < -0.3 is 20.9 Å². The molecule has 1 aromatic heterocycles. The van der Waals surface area contributed by atoms with Gasteiger partial charge in [0.25, 0.3) is 5.92 Å². The number of nitrogens with one attached hydrogen (secondary N) is 1. The maximum atomic E-state index is 13.5. The predicted molar refractivity (Wildman–Crippen MR) is 149 cm³/mol. The molecule has 1 aromatic carbocycles. The number of piperidine rings is 1. The number of benzene rings is 1. The molecule has 5 rings (SSSR count). The van der Waals surface area contributed by atoms with Crippen LogP contribution in [-0.4, -0.2) is 59.4 Å². The van der Waals surface area contributed by atoms with Crippen molar-refractivity contribution in [3.63, 3.8) is 0 Å². The highest BCUT2D eigenvalue weighted by atomic mass is 19.4. The number of likely N-dealkylation sites (tertiary alicyclic amines) is 1. The van der Waals surface area contributed by atoms with Crippen LogP contribution in [0.1, 0.15) is 36.0 Å². The van der Waals surface area contributed by atoms with E-state index < -0.39 is 23.6 Å². The van der Waals surface area contributed by atoms with E-state index >= 15 is 0 Å². The molecule has 0 amide bonds. The van der Waals surface area contributed by atoms with Crippen molar-refractivity contribution in [3.8, 4) is 0 Å². The number of rotatable bonds is 9. The molecule has 3 heterocycles. The summed E-state index contributed by atoms with van der Waals surface area (Å²) in [6, 6.07) is 9.26. The third-order valence-electron chi connectivity index (χ3n) is 7.65. The molecule has 41 heavy (non-hydrogen) atoms. The van der Waals surface area contributed by atoms with Gasteiger partial charge in [0.05, 0.1) is 11.3 Å². The van der Waals surface area contributed by atoms with Crippen molar-refractivity contribution in [3.05, 3.63) is 77.4 Å². The van der Waals surface area contributed by atoms with Crippen molar-refractivity contribution in [2.24, 2.45) is 27.6 Å². The Morgan fingerprint density at radius 2 is 1.93 bits per heavy atom. The van der Waals surface area contributed by atoms with E-state index in [-0.39, 0.29) is 24.7 Å². The largest absolute Gasteiger partial charge is 0.416 e. The monoisotopic (exact) mass is 573 g/mol. The summed E-state index contributed by atoms with van der Waals surface area (Å²) < 4.78 is 65.9. The Balaban J connectivity index is 1.27. The van der Waals surface area contributed by atoms with E-state index in [1.54, 1.807) is 6.20 Å². The van der Waals surface area contributed by atoms with Gasteiger partial charge in [-0.05, 0) is 49.7 Å². The van der Waals surface area contributed by atoms with Crippen molar-refractivity contribution >= 4 is 24.1 Å². The fourth-order valence-electron chi connectivity index (χ4n) is 5.39. The van der Waals surface area contributed by atoms with Crippen molar-refractivity contribution in [1.29, 1.82) is 0 Å². The first-order valence-electron chi connectivity index (χ1n) is 13.5. The van der Waals surface area contributed by atoms with Crippen LogP contribution >= 0.6 is 0 Å². The van der Waals surface area contributed by atoms with Crippen molar-refractivity contribution in [2.45, 2.75) is 37.9 Å². The van der Waals surface area contributed by atoms with Crippen LogP contribution in [0.4, 0.5) is 27.8 Å². The average molecular weight is 574 g/mol. The van der Waals surface area contributed by atoms with Crippen LogP contribution in [0.15, 0.2) is 70.7 Å². The molecular weight excluding hydrogens is 541 g/mol. The van der Waals surface area contributed by atoms with E-state index in [0.717, 1.165) is 55.4 Å². The minimum absolute atomic E-state index is 0.0196. The topological polar surface area (TPSA) is 82.1 Å². The number of hydrogen-bond acceptors (Lipinski definition) is 7. The highest BCUT2D eigenvalue weighted by Gasteiger charge is 2.57. The summed E-state index contributed by atoms with van der Waals surface area (Å²) in [6.07, 6.45) is 2.05. The maximum absolute atomic E-state index is 13.5. The second kappa shape index (κ2) is 11.6. The first-order valence-corrected chi connectivity index (χ1v) is 13.5. The summed E-state index contributed by atoms with van der Waals surface area (Å²) in [5.41, 5.74) is 8.29. The van der Waals surface area contributed by atoms with Crippen LogP contribution < -0.4 is 11.1 Å². The number of pyridine rings is 1. The standard InChI is InChI=1S/C29H32F5N7/c1-36-25(21-6-4-19(5-7-21)15-39-24-13-22(8-9-37-24)29(32,33)34)26-27(35)38-10-12-41(26)17-20-3-2-11-40(16-20)18-23-14-28(23,30)31/h4-10,12-13,20,23H,1-3,11,14-18H2,(H2,35,38)(H,37,39)/b26-25-/t20-,23?/m1/s1. The van der Waals surface area contributed by atoms with Crippen LogP contribution in [-0.2, 0) is 12.7 Å². The molecule has 0 spiro atoms. The number of aliphatic imine (C=N–C) groups is 2. The van der Waals surface area contributed by atoms with Crippen LogP contribution in [0, 0.1) is 11.8 Å². The number of halogens is 5. The Labute approximate surface area is 235 Å². The molecule has 1 unspecified atom stereocenters. The molecule has 2 atom stereocenters. The van der Waals surface area contributed by atoms with E-state index in [9.17, 15) is 22.0 Å². The van der Waals surface area contributed by atoms with Crippen molar-refractivity contribution in [2.75, 3.05) is 31.5 Å². The Bertz CT molecular complexity index is 1350. The fourth-order valence-corrected chi connectivity index (χ4v) is 5.39. The number of amidine groups is 1. The van der Waals surface area contributed by atoms with Gasteiger partial charge >= 0.3 is 6.18 Å². The third-order valence-corrected chi connectivity index (χ3v) is 7.65. The van der Waals surface area contributed by atoms with Gasteiger partial charge in [-0.25, -0.2) is 18.8 Å². The predicted octanol–water partition coefficient (Wildman–Crippen LogP) is 5.59. The molecule has 1 aliphatic carbocycles. The molecule has 12 heteroatoms. The Kier molecular flexibility index (Phi) is 8.12. The zero-order valence-corrected chi connectivity index (χ0v) is 22.4. The smallest absolute Gasteiger partial charge is 0.382 e. The maximum Gasteiger partial charge on any atom is 0.416 e. The minimum atomic E-state index is -4.44. The Morgan fingerprint density at radius 3 is 2.61 bits per heavy atom. The average Bonchev–Trinajstić information content (AvgIpc) is 3.54. The summed E-state index contributed by atoms with van der Waals surface area (Å²) in [7, 11) is 0. The zero-order valence-electron chi connectivity index (χ0n) is 22.4. The highest BCUT2D eigenvalue weighted by Crippen LogP contribution is 2.49. The van der Waals surface area contributed by atoms with Gasteiger partial charge in [0.2, 0.25) is 0 Å². The summed E-state index contributed by atoms with van der Waals surface area (Å²) in [6.45, 7) is 6.65. The van der Waals surface area contributed by atoms with Crippen molar-refractivity contribution in [1.82, 2.24) is 14.8 Å². The molecular formula is C29H32F5N7. The second-order valence-corrected chi connectivity index (χ2v) is 10.7. The first-order chi connectivity index (χ1) is 19.5. The number of hydrogen-bond donors (Lipinski definition) is 2. The number of nitrogens with two attached hydrogens (primary N) is 1. The normalized spacial score (nSPS) is 23.6. The SMILES string of the molecule is C=N/C(=C1/C(N)=NC=CN1C[C@@H]1CCCN(CC2CC2(F)F)C1)c1ccc(CNc2cc(C(F)(F)F)ccn2)cc1. The lowest BCUT2D eigenvalue weighted by Crippen LogP contribution is -2.42. The molecule has 3 N–H and O–H groups in total. The van der Waals surface area contributed by atoms with Crippen LogP contribution in [0.25, 0.3) is 5.70 Å². The summed E-state index contributed by atoms with van der Waals surface area (Å²) in [5.74, 6) is -2.38. The summed E-state index contributed by atoms with van der Waals surface area (Å²) in [4.78, 5) is 16.7. The summed E-state index contributed by atoms with van der Waals surface area (Å²) >= 11 is 0. The fraction of sp³-hybridized carbons (Fsp3) is 0.414. The van der Waals surface area contributed by atoms with E-state index in [2.05, 4.69) is 31.9 Å². The highest BCUT2D eigenvalue weighted by molar-refractivity contribution is 6.04. The van der Waals surface area contributed by atoms with Gasteiger partial charge in [-0.2, -0.15) is 13.2 Å². The number of alkyl halides is 5. The lowest BCUT2D eigenvalue weighted by molar-refractivity contribution is -0.137. The van der Waals surface area contributed by atoms with Gasteiger partial charge in [-0.15, -0.1) is 0 Å². The minimum Gasteiger partial charge on any atom is -0.382 e. The van der Waals surface area contributed by atoms with E-state index in [0.29, 0.717) is 30.3 Å². The quantitative estimate of drug-likeness (QED) is 0.302. The van der Waals surface area contributed by atoms with E-state index in [4.69, 9.17) is 5.73 Å². The molecule has 218 valence electrons. The second-order valence-electron chi connectivity index (χ2n) is 10.7.